The van der Waals surface area contributed by atoms with Crippen LogP contribution in [0.15, 0.2) is 30.6 Å². The van der Waals surface area contributed by atoms with E-state index in [1.165, 1.54) is 0 Å². The minimum Gasteiger partial charge on any atom is -0.460 e. The number of pyridine rings is 1. The van der Waals surface area contributed by atoms with Crippen LogP contribution in [0.1, 0.15) is 41.4 Å². The standard InChI is InChI=1S/C18H22N4O2/c1-3-14-11-19-9-8-16(14)18(23)24-12-15-5-4-10-22(15)17-7-6-13(2)20-21-17/h6-9,11,15H,3-5,10,12H2,1-2H3/t15-/m1/s1. The summed E-state index contributed by atoms with van der Waals surface area (Å²) in [5.41, 5.74) is 2.41. The summed E-state index contributed by atoms with van der Waals surface area (Å²) >= 11 is 0. The average molecular weight is 326 g/mol. The largest absolute Gasteiger partial charge is 0.460 e. The molecular formula is C18H22N4O2. The molecule has 0 saturated carbocycles. The molecule has 0 unspecified atom stereocenters. The van der Waals surface area contributed by atoms with Crippen LogP contribution in [0.25, 0.3) is 0 Å². The molecule has 1 aliphatic rings. The molecule has 3 heterocycles. The van der Waals surface area contributed by atoms with Gasteiger partial charge in [0.15, 0.2) is 5.82 Å². The Bertz CT molecular complexity index is 702. The monoisotopic (exact) mass is 326 g/mol. The number of ether oxygens (including phenoxy) is 1. The molecule has 0 spiro atoms. The molecule has 0 amide bonds. The van der Waals surface area contributed by atoms with Crippen molar-refractivity contribution in [3.63, 3.8) is 0 Å². The van der Waals surface area contributed by atoms with Crippen molar-refractivity contribution in [1.29, 1.82) is 0 Å². The van der Waals surface area contributed by atoms with Gasteiger partial charge in [-0.15, -0.1) is 5.10 Å². The smallest absolute Gasteiger partial charge is 0.338 e. The van der Waals surface area contributed by atoms with Crippen LogP contribution in [-0.2, 0) is 11.2 Å². The topological polar surface area (TPSA) is 68.2 Å². The van der Waals surface area contributed by atoms with E-state index in [0.717, 1.165) is 42.9 Å². The molecule has 1 saturated heterocycles. The van der Waals surface area contributed by atoms with Crippen molar-refractivity contribution in [2.24, 2.45) is 0 Å². The SMILES string of the molecule is CCc1cnccc1C(=O)OC[C@H]1CCCN1c1ccc(C)nn1. The summed E-state index contributed by atoms with van der Waals surface area (Å²) in [6.07, 6.45) is 6.15. The number of carbonyl (C=O) groups excluding carboxylic acids is 1. The minimum atomic E-state index is -0.281. The zero-order chi connectivity index (χ0) is 16.9. The number of aromatic nitrogens is 3. The Morgan fingerprint density at radius 2 is 2.21 bits per heavy atom. The summed E-state index contributed by atoms with van der Waals surface area (Å²) in [5, 5.41) is 8.37. The second kappa shape index (κ2) is 7.38. The lowest BCUT2D eigenvalue weighted by molar-refractivity contribution is 0.0481. The Morgan fingerprint density at radius 3 is 2.96 bits per heavy atom. The lowest BCUT2D eigenvalue weighted by atomic mass is 10.1. The van der Waals surface area contributed by atoms with Gasteiger partial charge in [0.05, 0.1) is 17.3 Å². The Balaban J connectivity index is 1.65. The van der Waals surface area contributed by atoms with Crippen molar-refractivity contribution in [1.82, 2.24) is 15.2 Å². The fourth-order valence-electron chi connectivity index (χ4n) is 3.01. The molecule has 126 valence electrons. The molecule has 6 nitrogen and oxygen atoms in total. The van der Waals surface area contributed by atoms with Crippen molar-refractivity contribution in [2.75, 3.05) is 18.1 Å². The van der Waals surface area contributed by atoms with Crippen LogP contribution in [0.4, 0.5) is 5.82 Å². The van der Waals surface area contributed by atoms with E-state index in [9.17, 15) is 4.79 Å². The van der Waals surface area contributed by atoms with Crippen LogP contribution in [0, 0.1) is 6.92 Å². The number of nitrogens with zero attached hydrogens (tertiary/aromatic N) is 4. The van der Waals surface area contributed by atoms with Crippen LogP contribution in [0.3, 0.4) is 0 Å². The second-order valence-electron chi connectivity index (χ2n) is 6.01. The second-order valence-corrected chi connectivity index (χ2v) is 6.01. The maximum absolute atomic E-state index is 12.4. The lowest BCUT2D eigenvalue weighted by Gasteiger charge is -2.25. The summed E-state index contributed by atoms with van der Waals surface area (Å²) in [6, 6.07) is 5.80. The van der Waals surface area contributed by atoms with Crippen LogP contribution in [0.5, 0.6) is 0 Å². The van der Waals surface area contributed by atoms with Crippen molar-refractivity contribution in [2.45, 2.75) is 39.2 Å². The molecule has 2 aromatic rings. The van der Waals surface area contributed by atoms with Gasteiger partial charge >= 0.3 is 5.97 Å². The number of aryl methyl sites for hydroxylation is 2. The Labute approximate surface area is 141 Å². The first-order valence-corrected chi connectivity index (χ1v) is 8.36. The molecule has 24 heavy (non-hydrogen) atoms. The molecule has 2 aromatic heterocycles. The molecule has 1 aliphatic heterocycles. The molecular weight excluding hydrogens is 304 g/mol. The highest BCUT2D eigenvalue weighted by molar-refractivity contribution is 5.90. The van der Waals surface area contributed by atoms with Crippen molar-refractivity contribution in [3.05, 3.63) is 47.4 Å². The van der Waals surface area contributed by atoms with Gasteiger partial charge in [0.25, 0.3) is 0 Å². The van der Waals surface area contributed by atoms with Gasteiger partial charge in [0.1, 0.15) is 6.61 Å². The molecule has 1 atom stereocenters. The van der Waals surface area contributed by atoms with Gasteiger partial charge in [-0.25, -0.2) is 4.79 Å². The third-order valence-electron chi connectivity index (χ3n) is 4.37. The third-order valence-corrected chi connectivity index (χ3v) is 4.37. The van der Waals surface area contributed by atoms with E-state index >= 15 is 0 Å². The van der Waals surface area contributed by atoms with Gasteiger partial charge in [-0.3, -0.25) is 4.98 Å². The van der Waals surface area contributed by atoms with Gasteiger partial charge in [0.2, 0.25) is 0 Å². The lowest BCUT2D eigenvalue weighted by Crippen LogP contribution is -2.34. The van der Waals surface area contributed by atoms with Crippen molar-refractivity contribution in [3.8, 4) is 0 Å². The van der Waals surface area contributed by atoms with Gasteiger partial charge < -0.3 is 9.64 Å². The maximum atomic E-state index is 12.4. The number of carbonyl (C=O) groups is 1. The molecule has 0 radical (unpaired) electrons. The van der Waals surface area contributed by atoms with Crippen LogP contribution in [-0.4, -0.2) is 40.3 Å². The number of rotatable bonds is 5. The predicted molar refractivity (Wildman–Crippen MR) is 91.0 cm³/mol. The normalized spacial score (nSPS) is 17.1. The van der Waals surface area contributed by atoms with E-state index in [4.69, 9.17) is 4.74 Å². The summed E-state index contributed by atoms with van der Waals surface area (Å²) in [6.45, 7) is 5.19. The predicted octanol–water partition coefficient (Wildman–Crippen LogP) is 2.57. The summed E-state index contributed by atoms with van der Waals surface area (Å²) < 4.78 is 5.57. The summed E-state index contributed by atoms with van der Waals surface area (Å²) in [5.74, 6) is 0.563. The Kier molecular flexibility index (Phi) is 5.03. The highest BCUT2D eigenvalue weighted by Gasteiger charge is 2.27. The van der Waals surface area contributed by atoms with Crippen LogP contribution < -0.4 is 4.90 Å². The number of esters is 1. The van der Waals surface area contributed by atoms with Crippen molar-refractivity contribution >= 4 is 11.8 Å². The van der Waals surface area contributed by atoms with Gasteiger partial charge in [-0.2, -0.15) is 5.10 Å². The summed E-state index contributed by atoms with van der Waals surface area (Å²) in [7, 11) is 0. The average Bonchev–Trinajstić information content (AvgIpc) is 3.08. The fourth-order valence-corrected chi connectivity index (χ4v) is 3.01. The first-order valence-electron chi connectivity index (χ1n) is 8.36. The van der Waals surface area contributed by atoms with E-state index < -0.39 is 0 Å². The van der Waals surface area contributed by atoms with E-state index in [2.05, 4.69) is 20.1 Å². The molecule has 0 N–H and O–H groups in total. The molecule has 1 fully saturated rings. The molecule has 0 aromatic carbocycles. The molecule has 6 heteroatoms. The number of hydrogen-bond donors (Lipinski definition) is 0. The highest BCUT2D eigenvalue weighted by atomic mass is 16.5. The zero-order valence-electron chi connectivity index (χ0n) is 14.1. The number of hydrogen-bond acceptors (Lipinski definition) is 6. The first kappa shape index (κ1) is 16.4. The van der Waals surface area contributed by atoms with Gasteiger partial charge in [0, 0.05) is 18.9 Å². The van der Waals surface area contributed by atoms with E-state index in [0.29, 0.717) is 12.2 Å². The van der Waals surface area contributed by atoms with Crippen LogP contribution in [0.2, 0.25) is 0 Å². The van der Waals surface area contributed by atoms with Gasteiger partial charge in [-0.05, 0) is 49.9 Å². The van der Waals surface area contributed by atoms with Crippen molar-refractivity contribution < 1.29 is 9.53 Å². The first-order chi connectivity index (χ1) is 11.7. The fraction of sp³-hybridized carbons (Fsp3) is 0.444. The molecule has 0 aliphatic carbocycles. The quantitative estimate of drug-likeness (QED) is 0.787. The minimum absolute atomic E-state index is 0.151. The van der Waals surface area contributed by atoms with Crippen LogP contribution >= 0.6 is 0 Å². The van der Waals surface area contributed by atoms with E-state index in [1.54, 1.807) is 18.5 Å². The molecule has 3 rings (SSSR count). The Hall–Kier alpha value is -2.50. The Morgan fingerprint density at radius 1 is 1.33 bits per heavy atom. The summed E-state index contributed by atoms with van der Waals surface area (Å²) in [4.78, 5) is 18.6. The van der Waals surface area contributed by atoms with Gasteiger partial charge in [-0.1, -0.05) is 6.92 Å². The van der Waals surface area contributed by atoms with E-state index in [1.807, 2.05) is 26.0 Å². The zero-order valence-corrected chi connectivity index (χ0v) is 14.1. The molecule has 0 bridgehead atoms. The maximum Gasteiger partial charge on any atom is 0.338 e. The third kappa shape index (κ3) is 3.53. The number of anilines is 1. The van der Waals surface area contributed by atoms with E-state index in [-0.39, 0.29) is 12.0 Å². The highest BCUT2D eigenvalue weighted by Crippen LogP contribution is 2.24.